The van der Waals surface area contributed by atoms with E-state index >= 15 is 0 Å². The van der Waals surface area contributed by atoms with E-state index in [0.717, 1.165) is 19.5 Å². The third-order valence-corrected chi connectivity index (χ3v) is 2.84. The van der Waals surface area contributed by atoms with Crippen LogP contribution in [0.15, 0.2) is 18.3 Å². The number of amides is 1. The Balaban J connectivity index is 1.93. The van der Waals surface area contributed by atoms with Gasteiger partial charge in [0.2, 0.25) is 0 Å². The highest BCUT2D eigenvalue weighted by atomic mass is 16.5. The molecule has 0 spiro atoms. The molecule has 1 aliphatic rings. The second-order valence-corrected chi connectivity index (χ2v) is 4.13. The Morgan fingerprint density at radius 2 is 2.59 bits per heavy atom. The van der Waals surface area contributed by atoms with Gasteiger partial charge in [0.25, 0.3) is 5.91 Å². The molecule has 0 aromatic carbocycles. The summed E-state index contributed by atoms with van der Waals surface area (Å²) >= 11 is 0. The number of pyridine rings is 1. The summed E-state index contributed by atoms with van der Waals surface area (Å²) in [6.45, 7) is 2.76. The standard InChI is InChI=1S/C12H17N3O2/c1-13-12(16)11-6-10(3-5-15-11)17-8-9-2-4-14-7-9/h3,5-6,9,14H,2,4,7-8H2,1H3,(H,13,16). The molecule has 1 aliphatic heterocycles. The number of hydrogen-bond donors (Lipinski definition) is 2. The minimum absolute atomic E-state index is 0.196. The maximum absolute atomic E-state index is 11.4. The molecule has 0 radical (unpaired) electrons. The SMILES string of the molecule is CNC(=O)c1cc(OCC2CCNC2)ccn1. The van der Waals surface area contributed by atoms with Gasteiger partial charge in [0, 0.05) is 31.8 Å². The van der Waals surface area contributed by atoms with Crippen LogP contribution in [0.25, 0.3) is 0 Å². The van der Waals surface area contributed by atoms with E-state index in [2.05, 4.69) is 15.6 Å². The van der Waals surface area contributed by atoms with Crippen LogP contribution in [-0.4, -0.2) is 37.6 Å². The summed E-state index contributed by atoms with van der Waals surface area (Å²) < 4.78 is 5.67. The van der Waals surface area contributed by atoms with Gasteiger partial charge in [-0.25, -0.2) is 0 Å². The quantitative estimate of drug-likeness (QED) is 0.794. The predicted molar refractivity (Wildman–Crippen MR) is 64.1 cm³/mol. The Bertz CT molecular complexity index is 389. The van der Waals surface area contributed by atoms with Gasteiger partial charge in [-0.3, -0.25) is 9.78 Å². The number of hydrogen-bond acceptors (Lipinski definition) is 4. The molecule has 92 valence electrons. The van der Waals surface area contributed by atoms with Crippen molar-refractivity contribution in [2.75, 3.05) is 26.7 Å². The molecule has 1 fully saturated rings. The largest absolute Gasteiger partial charge is 0.493 e. The number of nitrogens with one attached hydrogen (secondary N) is 2. The summed E-state index contributed by atoms with van der Waals surface area (Å²) in [6, 6.07) is 3.44. The van der Waals surface area contributed by atoms with Crippen molar-refractivity contribution in [1.82, 2.24) is 15.6 Å². The molecule has 2 N–H and O–H groups in total. The first kappa shape index (κ1) is 11.9. The summed E-state index contributed by atoms with van der Waals surface area (Å²) in [5, 5.41) is 5.83. The van der Waals surface area contributed by atoms with Crippen LogP contribution in [0.2, 0.25) is 0 Å². The lowest BCUT2D eigenvalue weighted by molar-refractivity contribution is 0.0957. The first-order chi connectivity index (χ1) is 8.29. The molecular formula is C12H17N3O2. The number of carbonyl (C=O) groups is 1. The fourth-order valence-electron chi connectivity index (χ4n) is 1.82. The van der Waals surface area contributed by atoms with E-state index in [9.17, 15) is 4.79 Å². The lowest BCUT2D eigenvalue weighted by Crippen LogP contribution is -2.19. The van der Waals surface area contributed by atoms with E-state index in [4.69, 9.17) is 4.74 Å². The minimum Gasteiger partial charge on any atom is -0.493 e. The van der Waals surface area contributed by atoms with Gasteiger partial charge < -0.3 is 15.4 Å². The molecule has 5 heteroatoms. The number of ether oxygens (including phenoxy) is 1. The fourth-order valence-corrected chi connectivity index (χ4v) is 1.82. The van der Waals surface area contributed by atoms with Gasteiger partial charge in [-0.2, -0.15) is 0 Å². The second-order valence-electron chi connectivity index (χ2n) is 4.13. The molecule has 2 rings (SSSR count). The lowest BCUT2D eigenvalue weighted by Gasteiger charge is -2.11. The smallest absolute Gasteiger partial charge is 0.269 e. The molecule has 2 heterocycles. The van der Waals surface area contributed by atoms with Crippen LogP contribution in [0.4, 0.5) is 0 Å². The zero-order chi connectivity index (χ0) is 12.1. The maximum Gasteiger partial charge on any atom is 0.269 e. The number of rotatable bonds is 4. The molecule has 1 unspecified atom stereocenters. The van der Waals surface area contributed by atoms with E-state index < -0.39 is 0 Å². The Labute approximate surface area is 101 Å². The number of nitrogens with zero attached hydrogens (tertiary/aromatic N) is 1. The molecule has 1 aromatic rings. The van der Waals surface area contributed by atoms with Crippen LogP contribution < -0.4 is 15.4 Å². The average molecular weight is 235 g/mol. The van der Waals surface area contributed by atoms with Gasteiger partial charge in [0.15, 0.2) is 0 Å². The van der Waals surface area contributed by atoms with Gasteiger partial charge in [-0.1, -0.05) is 0 Å². The summed E-state index contributed by atoms with van der Waals surface area (Å²) in [5.74, 6) is 1.06. The van der Waals surface area contributed by atoms with E-state index in [1.807, 2.05) is 0 Å². The normalized spacial score (nSPS) is 19.0. The Kier molecular flexibility index (Phi) is 3.93. The second kappa shape index (κ2) is 5.63. The Morgan fingerprint density at radius 3 is 3.29 bits per heavy atom. The first-order valence-corrected chi connectivity index (χ1v) is 5.81. The van der Waals surface area contributed by atoms with Crippen LogP contribution in [0, 0.1) is 5.92 Å². The van der Waals surface area contributed by atoms with Crippen molar-refractivity contribution in [2.45, 2.75) is 6.42 Å². The van der Waals surface area contributed by atoms with Crippen LogP contribution in [0.5, 0.6) is 5.75 Å². The summed E-state index contributed by atoms with van der Waals surface area (Å²) in [4.78, 5) is 15.4. The average Bonchev–Trinajstić information content (AvgIpc) is 2.89. The van der Waals surface area contributed by atoms with Gasteiger partial charge in [0.1, 0.15) is 11.4 Å². The molecule has 1 saturated heterocycles. The third-order valence-electron chi connectivity index (χ3n) is 2.84. The van der Waals surface area contributed by atoms with E-state index in [1.54, 1.807) is 25.4 Å². The lowest BCUT2D eigenvalue weighted by atomic mass is 10.1. The molecule has 0 bridgehead atoms. The van der Waals surface area contributed by atoms with E-state index in [-0.39, 0.29) is 5.91 Å². The van der Waals surface area contributed by atoms with E-state index in [1.165, 1.54) is 0 Å². The first-order valence-electron chi connectivity index (χ1n) is 5.81. The summed E-state index contributed by atoms with van der Waals surface area (Å²) in [7, 11) is 1.59. The van der Waals surface area contributed by atoms with Crippen LogP contribution in [0.3, 0.4) is 0 Å². The maximum atomic E-state index is 11.4. The van der Waals surface area contributed by atoms with Crippen molar-refractivity contribution in [2.24, 2.45) is 5.92 Å². The van der Waals surface area contributed by atoms with Crippen molar-refractivity contribution in [1.29, 1.82) is 0 Å². The van der Waals surface area contributed by atoms with Gasteiger partial charge in [-0.15, -0.1) is 0 Å². The topological polar surface area (TPSA) is 63.2 Å². The molecular weight excluding hydrogens is 218 g/mol. The summed E-state index contributed by atoms with van der Waals surface area (Å²) in [6.07, 6.45) is 2.74. The van der Waals surface area contributed by atoms with Crippen molar-refractivity contribution in [3.05, 3.63) is 24.0 Å². The molecule has 1 amide bonds. The third kappa shape index (κ3) is 3.17. The highest BCUT2D eigenvalue weighted by Crippen LogP contribution is 2.14. The minimum atomic E-state index is -0.196. The summed E-state index contributed by atoms with van der Waals surface area (Å²) in [5.41, 5.74) is 0.384. The number of carbonyl (C=O) groups excluding carboxylic acids is 1. The highest BCUT2D eigenvalue weighted by molar-refractivity contribution is 5.92. The van der Waals surface area contributed by atoms with Crippen molar-refractivity contribution >= 4 is 5.91 Å². The van der Waals surface area contributed by atoms with Gasteiger partial charge in [-0.05, 0) is 19.0 Å². The van der Waals surface area contributed by atoms with Crippen LogP contribution >= 0.6 is 0 Å². The van der Waals surface area contributed by atoms with Gasteiger partial charge in [0.05, 0.1) is 6.61 Å². The highest BCUT2D eigenvalue weighted by Gasteiger charge is 2.15. The zero-order valence-electron chi connectivity index (χ0n) is 9.90. The Morgan fingerprint density at radius 1 is 1.71 bits per heavy atom. The number of aromatic nitrogens is 1. The van der Waals surface area contributed by atoms with Crippen molar-refractivity contribution in [3.63, 3.8) is 0 Å². The fraction of sp³-hybridized carbons (Fsp3) is 0.500. The Hall–Kier alpha value is -1.62. The van der Waals surface area contributed by atoms with Crippen LogP contribution in [-0.2, 0) is 0 Å². The monoisotopic (exact) mass is 235 g/mol. The molecule has 5 nitrogen and oxygen atoms in total. The zero-order valence-corrected chi connectivity index (χ0v) is 9.90. The molecule has 1 aromatic heterocycles. The predicted octanol–water partition coefficient (Wildman–Crippen LogP) is 0.429. The van der Waals surface area contributed by atoms with Crippen molar-refractivity contribution < 1.29 is 9.53 Å². The molecule has 17 heavy (non-hydrogen) atoms. The molecule has 1 atom stereocenters. The van der Waals surface area contributed by atoms with Crippen molar-refractivity contribution in [3.8, 4) is 5.75 Å². The molecule has 0 aliphatic carbocycles. The van der Waals surface area contributed by atoms with Crippen LogP contribution in [0.1, 0.15) is 16.9 Å². The van der Waals surface area contributed by atoms with E-state index in [0.29, 0.717) is 24.0 Å². The van der Waals surface area contributed by atoms with Gasteiger partial charge >= 0.3 is 0 Å². The molecule has 0 saturated carbocycles.